The van der Waals surface area contributed by atoms with Crippen molar-refractivity contribution in [2.75, 3.05) is 30.5 Å². The first-order valence-electron chi connectivity index (χ1n) is 5.66. The Morgan fingerprint density at radius 2 is 2.22 bits per heavy atom. The number of nitrogen functional groups attached to an aromatic ring is 1. The highest BCUT2D eigenvalue weighted by atomic mass is 79.9. The summed E-state index contributed by atoms with van der Waals surface area (Å²) in [6.45, 7) is 1.58. The SMILES string of the molecule is NNc1ncc(Br)c(NCC2(O)CCOCC2)n1. The summed E-state index contributed by atoms with van der Waals surface area (Å²) in [6.07, 6.45) is 2.83. The molecule has 0 unspecified atom stereocenters. The summed E-state index contributed by atoms with van der Waals surface area (Å²) >= 11 is 3.34. The van der Waals surface area contributed by atoms with Crippen molar-refractivity contribution >= 4 is 27.7 Å². The molecule has 1 aromatic rings. The summed E-state index contributed by atoms with van der Waals surface area (Å²) in [5.41, 5.74) is 1.63. The highest BCUT2D eigenvalue weighted by Gasteiger charge is 2.29. The summed E-state index contributed by atoms with van der Waals surface area (Å²) in [7, 11) is 0. The third-order valence-electron chi connectivity index (χ3n) is 2.88. The molecule has 1 aromatic heterocycles. The highest BCUT2D eigenvalue weighted by Crippen LogP contribution is 2.24. The van der Waals surface area contributed by atoms with Gasteiger partial charge in [-0.3, -0.25) is 5.43 Å². The number of ether oxygens (including phenoxy) is 1. The summed E-state index contributed by atoms with van der Waals surface area (Å²) in [6, 6.07) is 0. The molecule has 8 heteroatoms. The second-order valence-corrected chi connectivity index (χ2v) is 5.08. The molecule has 0 aromatic carbocycles. The zero-order valence-electron chi connectivity index (χ0n) is 9.82. The lowest BCUT2D eigenvalue weighted by Gasteiger charge is -2.32. The van der Waals surface area contributed by atoms with Crippen molar-refractivity contribution in [2.24, 2.45) is 5.84 Å². The van der Waals surface area contributed by atoms with E-state index in [1.165, 1.54) is 0 Å². The van der Waals surface area contributed by atoms with Crippen LogP contribution < -0.4 is 16.6 Å². The maximum atomic E-state index is 10.3. The minimum atomic E-state index is -0.751. The molecule has 0 atom stereocenters. The molecule has 2 heterocycles. The van der Waals surface area contributed by atoms with Crippen LogP contribution in [0.15, 0.2) is 10.7 Å². The van der Waals surface area contributed by atoms with Crippen LogP contribution in [-0.4, -0.2) is 40.4 Å². The number of hydrogen-bond acceptors (Lipinski definition) is 7. The number of hydrogen-bond donors (Lipinski definition) is 4. The van der Waals surface area contributed by atoms with Crippen LogP contribution in [0, 0.1) is 0 Å². The van der Waals surface area contributed by atoms with Crippen molar-refractivity contribution in [3.8, 4) is 0 Å². The van der Waals surface area contributed by atoms with Gasteiger partial charge >= 0.3 is 0 Å². The van der Waals surface area contributed by atoms with E-state index in [0.29, 0.717) is 44.4 Å². The van der Waals surface area contributed by atoms with Crippen molar-refractivity contribution < 1.29 is 9.84 Å². The molecule has 7 nitrogen and oxygen atoms in total. The van der Waals surface area contributed by atoms with Crippen LogP contribution in [-0.2, 0) is 4.74 Å². The average Bonchev–Trinajstić information content (AvgIpc) is 2.39. The van der Waals surface area contributed by atoms with Gasteiger partial charge in [-0.25, -0.2) is 10.8 Å². The first-order chi connectivity index (χ1) is 8.63. The van der Waals surface area contributed by atoms with Crippen molar-refractivity contribution in [1.82, 2.24) is 9.97 Å². The number of nitrogens with zero attached hydrogens (tertiary/aromatic N) is 2. The van der Waals surface area contributed by atoms with Gasteiger partial charge in [-0.05, 0) is 15.9 Å². The predicted molar refractivity (Wildman–Crippen MR) is 71.0 cm³/mol. The fourth-order valence-electron chi connectivity index (χ4n) is 1.74. The number of rotatable bonds is 4. The van der Waals surface area contributed by atoms with Crippen LogP contribution in [0.25, 0.3) is 0 Å². The molecule has 1 saturated heterocycles. The lowest BCUT2D eigenvalue weighted by molar-refractivity contribution is -0.0543. The Labute approximate surface area is 113 Å². The number of nitrogens with two attached hydrogens (primary N) is 1. The second-order valence-electron chi connectivity index (χ2n) is 4.22. The van der Waals surface area contributed by atoms with Crippen LogP contribution >= 0.6 is 15.9 Å². The van der Waals surface area contributed by atoms with Crippen molar-refractivity contribution in [3.05, 3.63) is 10.7 Å². The summed E-state index contributed by atoms with van der Waals surface area (Å²) in [4.78, 5) is 8.11. The third kappa shape index (κ3) is 3.29. The van der Waals surface area contributed by atoms with Gasteiger partial charge < -0.3 is 15.2 Å². The molecule has 2 rings (SSSR count). The van der Waals surface area contributed by atoms with E-state index in [1.54, 1.807) is 6.20 Å². The minimum Gasteiger partial charge on any atom is -0.388 e. The molecule has 18 heavy (non-hydrogen) atoms. The minimum absolute atomic E-state index is 0.319. The molecule has 0 saturated carbocycles. The van der Waals surface area contributed by atoms with Crippen molar-refractivity contribution in [3.63, 3.8) is 0 Å². The Hall–Kier alpha value is -0.960. The van der Waals surface area contributed by atoms with Crippen molar-refractivity contribution in [2.45, 2.75) is 18.4 Å². The highest BCUT2D eigenvalue weighted by molar-refractivity contribution is 9.10. The Balaban J connectivity index is 2.00. The van der Waals surface area contributed by atoms with Crippen molar-refractivity contribution in [1.29, 1.82) is 0 Å². The standard InChI is InChI=1S/C10H16BrN5O2/c11-7-5-13-9(16-12)15-8(7)14-6-10(17)1-3-18-4-2-10/h5,17H,1-4,6,12H2,(H2,13,14,15,16). The molecule has 5 N–H and O–H groups in total. The molecule has 100 valence electrons. The number of nitrogens with one attached hydrogen (secondary N) is 2. The number of anilines is 2. The van der Waals surface area contributed by atoms with E-state index >= 15 is 0 Å². The fraction of sp³-hybridized carbons (Fsp3) is 0.600. The Bertz CT molecular complexity index is 411. The quantitative estimate of drug-likeness (QED) is 0.473. The lowest BCUT2D eigenvalue weighted by Crippen LogP contribution is -2.42. The largest absolute Gasteiger partial charge is 0.388 e. The third-order valence-corrected chi connectivity index (χ3v) is 3.46. The lowest BCUT2D eigenvalue weighted by atomic mass is 9.94. The first kappa shape index (κ1) is 13.5. The molecule has 1 aliphatic heterocycles. The van der Waals surface area contributed by atoms with Gasteiger partial charge in [0, 0.05) is 38.8 Å². The molecule has 1 aliphatic rings. The van der Waals surface area contributed by atoms with Crippen LogP contribution in [0.4, 0.5) is 11.8 Å². The topological polar surface area (TPSA) is 105 Å². The molecular weight excluding hydrogens is 302 g/mol. The maximum Gasteiger partial charge on any atom is 0.239 e. The Morgan fingerprint density at radius 1 is 1.50 bits per heavy atom. The van der Waals surface area contributed by atoms with E-state index in [4.69, 9.17) is 10.6 Å². The number of halogens is 1. The predicted octanol–water partition coefficient (Wildman–Crippen LogP) is 0.478. The van der Waals surface area contributed by atoms with E-state index in [1.807, 2.05) is 0 Å². The zero-order chi connectivity index (χ0) is 13.0. The van der Waals surface area contributed by atoms with E-state index in [-0.39, 0.29) is 0 Å². The molecule has 0 aliphatic carbocycles. The van der Waals surface area contributed by atoms with E-state index in [0.717, 1.165) is 4.47 Å². The number of aliphatic hydroxyl groups is 1. The number of aromatic nitrogens is 2. The maximum absolute atomic E-state index is 10.3. The van der Waals surface area contributed by atoms with E-state index in [2.05, 4.69) is 36.6 Å². The van der Waals surface area contributed by atoms with Gasteiger partial charge in [0.25, 0.3) is 0 Å². The Morgan fingerprint density at radius 3 is 2.89 bits per heavy atom. The fourth-order valence-corrected chi connectivity index (χ4v) is 2.07. The molecule has 0 radical (unpaired) electrons. The van der Waals surface area contributed by atoms with Crippen LogP contribution in [0.1, 0.15) is 12.8 Å². The molecule has 0 amide bonds. The van der Waals surface area contributed by atoms with Crippen LogP contribution in [0.5, 0.6) is 0 Å². The van der Waals surface area contributed by atoms with Gasteiger partial charge in [-0.15, -0.1) is 0 Å². The van der Waals surface area contributed by atoms with E-state index in [9.17, 15) is 5.11 Å². The number of hydrazine groups is 1. The van der Waals surface area contributed by atoms with Gasteiger partial charge in [0.2, 0.25) is 5.95 Å². The first-order valence-corrected chi connectivity index (χ1v) is 6.45. The summed E-state index contributed by atoms with van der Waals surface area (Å²) in [5.74, 6) is 6.16. The Kier molecular flexibility index (Phi) is 4.33. The van der Waals surface area contributed by atoms with Gasteiger partial charge in [-0.1, -0.05) is 0 Å². The normalized spacial score (nSPS) is 18.4. The molecule has 1 fully saturated rings. The monoisotopic (exact) mass is 317 g/mol. The second kappa shape index (κ2) is 5.79. The van der Waals surface area contributed by atoms with Gasteiger partial charge in [0.1, 0.15) is 5.82 Å². The molecule has 0 spiro atoms. The average molecular weight is 318 g/mol. The zero-order valence-corrected chi connectivity index (χ0v) is 11.4. The smallest absolute Gasteiger partial charge is 0.239 e. The molecule has 0 bridgehead atoms. The molecular formula is C10H16BrN5O2. The summed E-state index contributed by atoms with van der Waals surface area (Å²) in [5, 5.41) is 13.4. The van der Waals surface area contributed by atoms with E-state index < -0.39 is 5.60 Å². The van der Waals surface area contributed by atoms with Gasteiger partial charge in [0.05, 0.1) is 10.1 Å². The van der Waals surface area contributed by atoms with Gasteiger partial charge in [-0.2, -0.15) is 4.98 Å². The van der Waals surface area contributed by atoms with Gasteiger partial charge in [0.15, 0.2) is 0 Å². The van der Waals surface area contributed by atoms with Crippen LogP contribution in [0.2, 0.25) is 0 Å². The van der Waals surface area contributed by atoms with Crippen LogP contribution in [0.3, 0.4) is 0 Å². The summed E-state index contributed by atoms with van der Waals surface area (Å²) < 4.78 is 5.95.